The molecule has 1 aliphatic rings. The topological polar surface area (TPSA) is 79.2 Å². The van der Waals surface area contributed by atoms with Crippen LogP contribution in [0.25, 0.3) is 0 Å². The summed E-state index contributed by atoms with van der Waals surface area (Å²) in [7, 11) is 0. The summed E-state index contributed by atoms with van der Waals surface area (Å²) in [6, 6.07) is 0. The minimum absolute atomic E-state index is 0.204. The van der Waals surface area contributed by atoms with Crippen LogP contribution in [-0.4, -0.2) is 53.1 Å². The van der Waals surface area contributed by atoms with E-state index in [0.717, 1.165) is 36.8 Å². The Hall–Kier alpha value is -1.24. The zero-order valence-electron chi connectivity index (χ0n) is 16.1. The molecule has 0 saturated carbocycles. The molecule has 3 N–H and O–H groups in total. The quantitative estimate of drug-likeness (QED) is 0.387. The lowest BCUT2D eigenvalue weighted by Gasteiger charge is -2.36. The smallest absolute Gasteiger partial charge is 0.186 e. The Morgan fingerprint density at radius 1 is 1.15 bits per heavy atom. The Kier molecular flexibility index (Phi) is 10.7. The largest absolute Gasteiger partial charge is 0.394 e. The molecule has 1 heterocycles. The molecule has 1 fully saturated rings. The summed E-state index contributed by atoms with van der Waals surface area (Å²) in [5.41, 5.74) is 3.43. The fraction of sp³-hybridized carbons (Fsp3) is 0.619. The van der Waals surface area contributed by atoms with Crippen LogP contribution in [-0.2, 0) is 9.47 Å². The van der Waals surface area contributed by atoms with E-state index in [1.165, 1.54) is 5.57 Å². The predicted octanol–water partition coefficient (Wildman–Crippen LogP) is 3.03. The van der Waals surface area contributed by atoms with Crippen molar-refractivity contribution < 1.29 is 24.8 Å². The molecule has 148 valence electrons. The van der Waals surface area contributed by atoms with Gasteiger partial charge in [0.25, 0.3) is 0 Å². The Bertz CT molecular complexity index is 509. The minimum atomic E-state index is -1.10. The summed E-state index contributed by atoms with van der Waals surface area (Å²) in [5.74, 6) is 0. The van der Waals surface area contributed by atoms with Crippen LogP contribution in [0, 0.1) is 0 Å². The molecule has 0 aromatic heterocycles. The lowest BCUT2D eigenvalue weighted by atomic mass is 10.0. The molecule has 1 rings (SSSR count). The van der Waals surface area contributed by atoms with Gasteiger partial charge in [0.2, 0.25) is 0 Å². The van der Waals surface area contributed by atoms with Gasteiger partial charge in [0, 0.05) is 6.42 Å². The van der Waals surface area contributed by atoms with E-state index >= 15 is 0 Å². The zero-order valence-corrected chi connectivity index (χ0v) is 16.1. The van der Waals surface area contributed by atoms with Crippen molar-refractivity contribution in [1.82, 2.24) is 0 Å². The Labute approximate surface area is 157 Å². The van der Waals surface area contributed by atoms with Gasteiger partial charge in [0.1, 0.15) is 6.10 Å². The monoisotopic (exact) mass is 366 g/mol. The van der Waals surface area contributed by atoms with Crippen LogP contribution in [0.5, 0.6) is 0 Å². The van der Waals surface area contributed by atoms with Crippen molar-refractivity contribution in [2.75, 3.05) is 13.2 Å². The van der Waals surface area contributed by atoms with Crippen molar-refractivity contribution in [2.24, 2.45) is 0 Å². The van der Waals surface area contributed by atoms with Crippen molar-refractivity contribution in [1.29, 1.82) is 0 Å². The van der Waals surface area contributed by atoms with Gasteiger partial charge in [0.05, 0.1) is 25.4 Å². The average Bonchev–Trinajstić information content (AvgIpc) is 2.62. The number of hydrogen-bond donors (Lipinski definition) is 3. The standard InChI is InChI=1S/C21H34O5/c1-5-15(2)8-6-9-16(3)10-7-11-17(4)14-25-21-20(24)19(23)12-18(13-22)26-21/h5,9,11,18-24H,1-2,6-8,10,12-14H2,3-4H3/b16-9+,17-11+/t18-,19?,20?,21?/m0/s1. The van der Waals surface area contributed by atoms with Crippen LogP contribution in [0.1, 0.15) is 46.0 Å². The van der Waals surface area contributed by atoms with E-state index in [1.807, 2.05) is 6.92 Å². The number of allylic oxidation sites excluding steroid dienone is 5. The first kappa shape index (κ1) is 22.8. The van der Waals surface area contributed by atoms with Crippen molar-refractivity contribution in [2.45, 2.75) is 70.6 Å². The van der Waals surface area contributed by atoms with E-state index in [2.05, 4.69) is 32.2 Å². The van der Waals surface area contributed by atoms with Gasteiger partial charge in [-0.3, -0.25) is 0 Å². The molecule has 0 spiro atoms. The molecule has 0 aliphatic carbocycles. The van der Waals surface area contributed by atoms with Gasteiger partial charge in [-0.15, -0.1) is 0 Å². The van der Waals surface area contributed by atoms with Gasteiger partial charge >= 0.3 is 0 Å². The number of rotatable bonds is 11. The molecule has 5 nitrogen and oxygen atoms in total. The van der Waals surface area contributed by atoms with E-state index in [0.29, 0.717) is 6.61 Å². The molecule has 1 aliphatic heterocycles. The van der Waals surface area contributed by atoms with Gasteiger partial charge in [-0.1, -0.05) is 48.1 Å². The summed E-state index contributed by atoms with van der Waals surface area (Å²) in [4.78, 5) is 0. The molecule has 4 atom stereocenters. The van der Waals surface area contributed by atoms with E-state index in [4.69, 9.17) is 14.6 Å². The molecule has 0 amide bonds. The van der Waals surface area contributed by atoms with Crippen LogP contribution in [0.3, 0.4) is 0 Å². The fourth-order valence-electron chi connectivity index (χ4n) is 2.70. The lowest BCUT2D eigenvalue weighted by Crippen LogP contribution is -2.50. The highest BCUT2D eigenvalue weighted by molar-refractivity contribution is 5.12. The molecule has 0 radical (unpaired) electrons. The molecule has 26 heavy (non-hydrogen) atoms. The van der Waals surface area contributed by atoms with Crippen molar-refractivity contribution >= 4 is 0 Å². The third-order valence-corrected chi connectivity index (χ3v) is 4.46. The third kappa shape index (κ3) is 8.43. The van der Waals surface area contributed by atoms with Crippen molar-refractivity contribution in [3.05, 3.63) is 48.1 Å². The van der Waals surface area contributed by atoms with Crippen LogP contribution >= 0.6 is 0 Å². The maximum atomic E-state index is 9.93. The van der Waals surface area contributed by atoms with Gasteiger partial charge in [0.15, 0.2) is 6.29 Å². The summed E-state index contributed by atoms with van der Waals surface area (Å²) < 4.78 is 11.0. The van der Waals surface area contributed by atoms with Crippen LogP contribution in [0.2, 0.25) is 0 Å². The van der Waals surface area contributed by atoms with Gasteiger partial charge in [-0.2, -0.15) is 0 Å². The lowest BCUT2D eigenvalue weighted by molar-refractivity contribution is -0.268. The van der Waals surface area contributed by atoms with Gasteiger partial charge < -0.3 is 24.8 Å². The number of aliphatic hydroxyl groups is 3. The Morgan fingerprint density at radius 2 is 1.81 bits per heavy atom. The van der Waals surface area contributed by atoms with Crippen molar-refractivity contribution in [3.8, 4) is 0 Å². The third-order valence-electron chi connectivity index (χ3n) is 4.46. The highest BCUT2D eigenvalue weighted by atomic mass is 16.7. The molecular formula is C21H34O5. The molecule has 1 saturated heterocycles. The normalized spacial score (nSPS) is 27.4. The van der Waals surface area contributed by atoms with Crippen molar-refractivity contribution in [3.63, 3.8) is 0 Å². The average molecular weight is 366 g/mol. The number of aliphatic hydroxyl groups excluding tert-OH is 3. The highest BCUT2D eigenvalue weighted by Crippen LogP contribution is 2.21. The first-order chi connectivity index (χ1) is 12.4. The maximum absolute atomic E-state index is 9.93. The second kappa shape index (κ2) is 12.2. The van der Waals surface area contributed by atoms with E-state index in [-0.39, 0.29) is 13.0 Å². The zero-order chi connectivity index (χ0) is 19.5. The van der Waals surface area contributed by atoms with Gasteiger partial charge in [-0.05, 0) is 39.5 Å². The second-order valence-corrected chi connectivity index (χ2v) is 6.95. The first-order valence-electron chi connectivity index (χ1n) is 9.22. The molecular weight excluding hydrogens is 332 g/mol. The summed E-state index contributed by atoms with van der Waals surface area (Å²) in [6.45, 7) is 11.8. The van der Waals surface area contributed by atoms with E-state index < -0.39 is 24.6 Å². The number of hydrogen-bond acceptors (Lipinski definition) is 5. The summed E-state index contributed by atoms with van der Waals surface area (Å²) in [5, 5.41) is 28.9. The molecule has 3 unspecified atom stereocenters. The maximum Gasteiger partial charge on any atom is 0.186 e. The SMILES string of the molecule is C=CC(=C)CC/C=C(\C)CC/C=C(\C)COC1O[C@H](CO)CC(O)C1O. The first-order valence-corrected chi connectivity index (χ1v) is 9.22. The summed E-state index contributed by atoms with van der Waals surface area (Å²) in [6.07, 6.45) is 6.69. The molecule has 5 heteroatoms. The van der Waals surface area contributed by atoms with Crippen LogP contribution in [0.4, 0.5) is 0 Å². The van der Waals surface area contributed by atoms with E-state index in [1.54, 1.807) is 6.08 Å². The van der Waals surface area contributed by atoms with E-state index in [9.17, 15) is 10.2 Å². The van der Waals surface area contributed by atoms with Crippen LogP contribution in [0.15, 0.2) is 48.1 Å². The van der Waals surface area contributed by atoms with Crippen LogP contribution < -0.4 is 0 Å². The fourth-order valence-corrected chi connectivity index (χ4v) is 2.70. The highest BCUT2D eigenvalue weighted by Gasteiger charge is 2.37. The molecule has 0 bridgehead atoms. The van der Waals surface area contributed by atoms with Gasteiger partial charge in [-0.25, -0.2) is 0 Å². The Morgan fingerprint density at radius 3 is 2.46 bits per heavy atom. The predicted molar refractivity (Wildman–Crippen MR) is 104 cm³/mol. The molecule has 0 aromatic rings. The molecule has 0 aromatic carbocycles. The second-order valence-electron chi connectivity index (χ2n) is 6.95. The number of ether oxygens (including phenoxy) is 2. The minimum Gasteiger partial charge on any atom is -0.394 e. The Balaban J connectivity index is 2.33. The summed E-state index contributed by atoms with van der Waals surface area (Å²) >= 11 is 0.